The average Bonchev–Trinajstić information content (AvgIpc) is 3.01. The minimum Gasteiger partial charge on any atom is -0.396 e. The standard InChI is InChI=1S/C11H20N4O3S/c1-2-15-7-9(10(12)14-15)19(17,18)13-8-11(3-4-11)5-6-16/h7,13,16H,2-6,8H2,1H3,(H2,12,14). The minimum absolute atomic E-state index is 0.0151. The van der Waals surface area contributed by atoms with Gasteiger partial charge in [0.25, 0.3) is 0 Å². The van der Waals surface area contributed by atoms with Crippen molar-refractivity contribution in [2.24, 2.45) is 5.41 Å². The van der Waals surface area contributed by atoms with Crippen LogP contribution in [0.15, 0.2) is 11.1 Å². The Kier molecular flexibility index (Phi) is 3.84. The number of aromatic nitrogens is 2. The van der Waals surface area contributed by atoms with Gasteiger partial charge in [0.05, 0.1) is 0 Å². The van der Waals surface area contributed by atoms with E-state index >= 15 is 0 Å². The second-order valence-electron chi connectivity index (χ2n) is 5.03. The number of nitrogens with two attached hydrogens (primary N) is 1. The summed E-state index contributed by atoms with van der Waals surface area (Å²) in [5, 5.41) is 12.9. The molecule has 1 aromatic heterocycles. The number of nitrogens with zero attached hydrogens (tertiary/aromatic N) is 2. The highest BCUT2D eigenvalue weighted by molar-refractivity contribution is 7.89. The fourth-order valence-electron chi connectivity index (χ4n) is 2.04. The van der Waals surface area contributed by atoms with Crippen molar-refractivity contribution in [2.75, 3.05) is 18.9 Å². The first kappa shape index (κ1) is 14.3. The molecule has 4 N–H and O–H groups in total. The third-order valence-electron chi connectivity index (χ3n) is 3.60. The summed E-state index contributed by atoms with van der Waals surface area (Å²) in [5.74, 6) is 0.0151. The van der Waals surface area contributed by atoms with Crippen LogP contribution in [0.3, 0.4) is 0 Å². The molecular formula is C11H20N4O3S. The van der Waals surface area contributed by atoms with E-state index < -0.39 is 10.0 Å². The first-order valence-corrected chi connectivity index (χ1v) is 7.84. The van der Waals surface area contributed by atoms with Gasteiger partial charge in [-0.25, -0.2) is 13.1 Å². The van der Waals surface area contributed by atoms with E-state index in [1.807, 2.05) is 6.92 Å². The second-order valence-corrected chi connectivity index (χ2v) is 6.77. The van der Waals surface area contributed by atoms with Gasteiger partial charge in [0.1, 0.15) is 4.90 Å². The molecule has 0 radical (unpaired) electrons. The summed E-state index contributed by atoms with van der Waals surface area (Å²) in [6.45, 7) is 2.84. The van der Waals surface area contributed by atoms with Crippen molar-refractivity contribution in [3.8, 4) is 0 Å². The predicted octanol–water partition coefficient (Wildman–Crippen LogP) is -0.0739. The molecule has 1 aliphatic rings. The van der Waals surface area contributed by atoms with Crippen LogP contribution in [-0.2, 0) is 16.6 Å². The van der Waals surface area contributed by atoms with E-state index in [2.05, 4.69) is 9.82 Å². The Hall–Kier alpha value is -1.12. The van der Waals surface area contributed by atoms with Gasteiger partial charge < -0.3 is 10.8 Å². The molecule has 0 atom stereocenters. The first-order valence-electron chi connectivity index (χ1n) is 6.36. The van der Waals surface area contributed by atoms with Crippen LogP contribution in [0.1, 0.15) is 26.2 Å². The number of hydrogen-bond acceptors (Lipinski definition) is 5. The van der Waals surface area contributed by atoms with Gasteiger partial charge in [-0.3, -0.25) is 4.68 Å². The van der Waals surface area contributed by atoms with Crippen LogP contribution in [0.2, 0.25) is 0 Å². The maximum atomic E-state index is 12.2. The van der Waals surface area contributed by atoms with Crippen LogP contribution >= 0.6 is 0 Å². The number of sulfonamides is 1. The Morgan fingerprint density at radius 2 is 2.26 bits per heavy atom. The van der Waals surface area contributed by atoms with Crippen LogP contribution in [0.4, 0.5) is 5.82 Å². The fraction of sp³-hybridized carbons (Fsp3) is 0.727. The maximum Gasteiger partial charge on any atom is 0.245 e. The van der Waals surface area contributed by atoms with Gasteiger partial charge >= 0.3 is 0 Å². The van der Waals surface area contributed by atoms with Crippen molar-refractivity contribution in [3.63, 3.8) is 0 Å². The Balaban J connectivity index is 2.08. The lowest BCUT2D eigenvalue weighted by atomic mass is 10.0. The van der Waals surface area contributed by atoms with Gasteiger partial charge in [0.2, 0.25) is 10.0 Å². The van der Waals surface area contributed by atoms with Crippen LogP contribution in [-0.4, -0.2) is 36.5 Å². The molecule has 1 aliphatic carbocycles. The number of nitrogen functional groups attached to an aromatic ring is 1. The van der Waals surface area contributed by atoms with Gasteiger partial charge in [0.15, 0.2) is 5.82 Å². The van der Waals surface area contributed by atoms with Gasteiger partial charge in [0, 0.05) is 25.9 Å². The largest absolute Gasteiger partial charge is 0.396 e. The number of aliphatic hydroxyl groups excluding tert-OH is 1. The molecule has 2 rings (SSSR count). The Labute approximate surface area is 112 Å². The molecule has 0 aromatic carbocycles. The highest BCUT2D eigenvalue weighted by Crippen LogP contribution is 2.48. The normalized spacial score (nSPS) is 17.6. The molecule has 108 valence electrons. The van der Waals surface area contributed by atoms with E-state index in [0.29, 0.717) is 19.5 Å². The molecule has 1 saturated carbocycles. The summed E-state index contributed by atoms with van der Waals surface area (Å²) in [6.07, 6.45) is 3.95. The summed E-state index contributed by atoms with van der Waals surface area (Å²) < 4.78 is 28.4. The zero-order valence-electron chi connectivity index (χ0n) is 11.0. The smallest absolute Gasteiger partial charge is 0.245 e. The van der Waals surface area contributed by atoms with E-state index in [4.69, 9.17) is 10.8 Å². The monoisotopic (exact) mass is 288 g/mol. The van der Waals surface area contributed by atoms with Crippen LogP contribution < -0.4 is 10.5 Å². The molecule has 0 bridgehead atoms. The van der Waals surface area contributed by atoms with Gasteiger partial charge in [-0.2, -0.15) is 5.10 Å². The average molecular weight is 288 g/mol. The molecule has 0 unspecified atom stereocenters. The van der Waals surface area contributed by atoms with Gasteiger partial charge in [-0.15, -0.1) is 0 Å². The second kappa shape index (κ2) is 5.10. The molecule has 1 fully saturated rings. The van der Waals surface area contributed by atoms with Gasteiger partial charge in [-0.05, 0) is 31.6 Å². The Morgan fingerprint density at radius 1 is 1.58 bits per heavy atom. The van der Waals surface area contributed by atoms with E-state index in [-0.39, 0.29) is 22.7 Å². The molecule has 0 aliphatic heterocycles. The van der Waals surface area contributed by atoms with Crippen molar-refractivity contribution in [3.05, 3.63) is 6.20 Å². The highest BCUT2D eigenvalue weighted by atomic mass is 32.2. The summed E-state index contributed by atoms with van der Waals surface area (Å²) in [4.78, 5) is 0.0224. The van der Waals surface area contributed by atoms with Crippen LogP contribution in [0, 0.1) is 5.41 Å². The summed E-state index contributed by atoms with van der Waals surface area (Å²) in [6, 6.07) is 0. The molecule has 8 heteroatoms. The van der Waals surface area contributed by atoms with E-state index in [9.17, 15) is 8.42 Å². The molecule has 0 amide bonds. The molecular weight excluding hydrogens is 268 g/mol. The lowest BCUT2D eigenvalue weighted by Crippen LogP contribution is -2.31. The zero-order valence-corrected chi connectivity index (χ0v) is 11.8. The number of aryl methyl sites for hydroxylation is 1. The number of rotatable bonds is 7. The molecule has 0 saturated heterocycles. The van der Waals surface area contributed by atoms with E-state index in [1.165, 1.54) is 10.9 Å². The van der Waals surface area contributed by atoms with E-state index in [0.717, 1.165) is 12.8 Å². The predicted molar refractivity (Wildman–Crippen MR) is 70.9 cm³/mol. The lowest BCUT2D eigenvalue weighted by molar-refractivity contribution is 0.249. The maximum absolute atomic E-state index is 12.2. The highest BCUT2D eigenvalue weighted by Gasteiger charge is 2.42. The molecule has 19 heavy (non-hydrogen) atoms. The van der Waals surface area contributed by atoms with Crippen molar-refractivity contribution < 1.29 is 13.5 Å². The van der Waals surface area contributed by atoms with Crippen LogP contribution in [0.5, 0.6) is 0 Å². The summed E-state index contributed by atoms with van der Waals surface area (Å²) >= 11 is 0. The summed E-state index contributed by atoms with van der Waals surface area (Å²) in [5.41, 5.74) is 5.55. The Morgan fingerprint density at radius 3 is 2.74 bits per heavy atom. The van der Waals surface area contributed by atoms with E-state index in [1.54, 1.807) is 0 Å². The molecule has 0 spiro atoms. The Bertz CT molecular complexity index is 548. The number of anilines is 1. The number of aliphatic hydroxyl groups is 1. The molecule has 1 aromatic rings. The summed E-state index contributed by atoms with van der Waals surface area (Å²) in [7, 11) is -3.63. The number of nitrogens with one attached hydrogen (secondary N) is 1. The SMILES string of the molecule is CCn1cc(S(=O)(=O)NCC2(CCO)CC2)c(N)n1. The third kappa shape index (κ3) is 3.07. The van der Waals surface area contributed by atoms with Crippen molar-refractivity contribution >= 4 is 15.8 Å². The van der Waals surface area contributed by atoms with Crippen LogP contribution in [0.25, 0.3) is 0 Å². The van der Waals surface area contributed by atoms with Crippen molar-refractivity contribution in [1.82, 2.24) is 14.5 Å². The first-order chi connectivity index (χ1) is 8.92. The molecule has 7 nitrogen and oxygen atoms in total. The molecule has 1 heterocycles. The van der Waals surface area contributed by atoms with Crippen molar-refractivity contribution in [2.45, 2.75) is 37.6 Å². The van der Waals surface area contributed by atoms with Crippen molar-refractivity contribution in [1.29, 1.82) is 0 Å². The third-order valence-corrected chi connectivity index (χ3v) is 5.02. The van der Waals surface area contributed by atoms with Gasteiger partial charge in [-0.1, -0.05) is 0 Å². The quantitative estimate of drug-likeness (QED) is 0.650. The fourth-order valence-corrected chi connectivity index (χ4v) is 3.27. The lowest BCUT2D eigenvalue weighted by Gasteiger charge is -2.14. The minimum atomic E-state index is -3.63. The zero-order chi connectivity index (χ0) is 14.1. The topological polar surface area (TPSA) is 110 Å². The number of hydrogen-bond donors (Lipinski definition) is 3.